The van der Waals surface area contributed by atoms with Gasteiger partial charge in [-0.25, -0.2) is 0 Å². The van der Waals surface area contributed by atoms with Crippen molar-refractivity contribution in [2.75, 3.05) is 13.1 Å². The number of aliphatic hydroxyl groups excluding tert-OH is 1. The van der Waals surface area contributed by atoms with Crippen molar-refractivity contribution in [3.8, 4) is 0 Å². The van der Waals surface area contributed by atoms with Crippen molar-refractivity contribution in [1.29, 1.82) is 0 Å². The lowest BCUT2D eigenvalue weighted by atomic mass is 9.81. The number of aliphatic hydroxyl groups is 1. The van der Waals surface area contributed by atoms with E-state index in [4.69, 9.17) is 0 Å². The largest absolute Gasteiger partial charge is 0.391 e. The van der Waals surface area contributed by atoms with Crippen LogP contribution >= 0.6 is 0 Å². The predicted octanol–water partition coefficient (Wildman–Crippen LogP) is 0.461. The van der Waals surface area contributed by atoms with Crippen LogP contribution in [0.15, 0.2) is 0 Å². The van der Waals surface area contributed by atoms with Gasteiger partial charge >= 0.3 is 0 Å². The highest BCUT2D eigenvalue weighted by Gasteiger charge is 2.38. The molecule has 10 heavy (non-hydrogen) atoms. The zero-order chi connectivity index (χ0) is 7.14. The van der Waals surface area contributed by atoms with Crippen LogP contribution in [0.5, 0.6) is 0 Å². The second kappa shape index (κ2) is 2.21. The zero-order valence-corrected chi connectivity index (χ0v) is 6.45. The summed E-state index contributed by atoms with van der Waals surface area (Å²) in [4.78, 5) is 2.39. The highest BCUT2D eigenvalue weighted by molar-refractivity contribution is 4.91. The molecule has 2 bridgehead atoms. The highest BCUT2D eigenvalue weighted by Crippen LogP contribution is 2.31. The molecule has 3 aliphatic heterocycles. The summed E-state index contributed by atoms with van der Waals surface area (Å²) in [5, 5.41) is 9.63. The molecule has 0 unspecified atom stereocenters. The van der Waals surface area contributed by atoms with E-state index in [1.165, 1.54) is 25.9 Å². The average Bonchev–Trinajstić information content (AvgIpc) is 2.00. The van der Waals surface area contributed by atoms with Gasteiger partial charge in [-0.1, -0.05) is 0 Å². The molecule has 3 heterocycles. The molecule has 0 saturated carbocycles. The molecule has 0 aromatic heterocycles. The van der Waals surface area contributed by atoms with Crippen LogP contribution in [-0.4, -0.2) is 35.2 Å². The molecule has 2 nitrogen and oxygen atoms in total. The Bertz CT molecular complexity index is 109. The van der Waals surface area contributed by atoms with Crippen molar-refractivity contribution in [2.45, 2.75) is 31.9 Å². The van der Waals surface area contributed by atoms with Crippen molar-refractivity contribution in [3.05, 3.63) is 0 Å². The molecule has 58 valence electrons. The van der Waals surface area contributed by atoms with Gasteiger partial charge < -0.3 is 5.11 Å². The quantitative estimate of drug-likeness (QED) is 0.530. The summed E-state index contributed by atoms with van der Waals surface area (Å²) in [7, 11) is 0. The molecule has 0 aliphatic carbocycles. The van der Waals surface area contributed by atoms with Gasteiger partial charge in [-0.15, -0.1) is 0 Å². The normalized spacial score (nSPS) is 53.4. The lowest BCUT2D eigenvalue weighted by Gasteiger charge is -2.47. The van der Waals surface area contributed by atoms with Crippen molar-refractivity contribution in [2.24, 2.45) is 5.92 Å². The maximum absolute atomic E-state index is 9.63. The molecule has 3 rings (SSSR count). The summed E-state index contributed by atoms with van der Waals surface area (Å²) < 4.78 is 0. The molecule has 3 saturated heterocycles. The van der Waals surface area contributed by atoms with Gasteiger partial charge in [-0.2, -0.15) is 0 Å². The van der Waals surface area contributed by atoms with E-state index in [-0.39, 0.29) is 6.10 Å². The van der Waals surface area contributed by atoms with Crippen LogP contribution in [0.2, 0.25) is 0 Å². The van der Waals surface area contributed by atoms with E-state index in [0.717, 1.165) is 0 Å². The van der Waals surface area contributed by atoms with E-state index in [0.29, 0.717) is 12.0 Å². The molecule has 0 aromatic rings. The van der Waals surface area contributed by atoms with Gasteiger partial charge in [-0.3, -0.25) is 4.90 Å². The third-order valence-corrected chi connectivity index (χ3v) is 3.13. The van der Waals surface area contributed by atoms with Crippen molar-refractivity contribution >= 4 is 0 Å². The van der Waals surface area contributed by atoms with Crippen LogP contribution in [0.4, 0.5) is 0 Å². The Morgan fingerprint density at radius 2 is 1.90 bits per heavy atom. The molecule has 0 spiro atoms. The fraction of sp³-hybridized carbons (Fsp3) is 1.00. The van der Waals surface area contributed by atoms with Crippen molar-refractivity contribution in [3.63, 3.8) is 0 Å². The Labute approximate surface area is 61.8 Å². The Hall–Kier alpha value is -0.0800. The Kier molecular flexibility index (Phi) is 1.46. The first-order valence-corrected chi connectivity index (χ1v) is 4.21. The second-order valence-corrected chi connectivity index (χ2v) is 3.60. The third kappa shape index (κ3) is 0.789. The van der Waals surface area contributed by atoms with Crippen LogP contribution in [0.1, 0.15) is 19.8 Å². The van der Waals surface area contributed by atoms with E-state index < -0.39 is 0 Å². The smallest absolute Gasteiger partial charge is 0.0721 e. The Morgan fingerprint density at radius 3 is 2.20 bits per heavy atom. The van der Waals surface area contributed by atoms with Gasteiger partial charge in [0.05, 0.1) is 6.10 Å². The molecule has 2 atom stereocenters. The number of hydrogen-bond acceptors (Lipinski definition) is 2. The Balaban J connectivity index is 2.13. The summed E-state index contributed by atoms with van der Waals surface area (Å²) in [6, 6.07) is 0.424. The molecule has 0 aromatic carbocycles. The molecule has 3 fully saturated rings. The molecular formula is C8H15NO. The molecular weight excluding hydrogens is 126 g/mol. The van der Waals surface area contributed by atoms with Crippen molar-refractivity contribution < 1.29 is 5.11 Å². The topological polar surface area (TPSA) is 23.5 Å². The van der Waals surface area contributed by atoms with Gasteiger partial charge in [0.2, 0.25) is 0 Å². The fourth-order valence-corrected chi connectivity index (χ4v) is 2.28. The molecule has 0 amide bonds. The fourth-order valence-electron chi connectivity index (χ4n) is 2.28. The SMILES string of the molecule is C[C@@H]1[C@@H](O)C2CCN1CC2. The predicted molar refractivity (Wildman–Crippen MR) is 39.8 cm³/mol. The van der Waals surface area contributed by atoms with Gasteiger partial charge in [0.25, 0.3) is 0 Å². The van der Waals surface area contributed by atoms with Crippen LogP contribution in [0.25, 0.3) is 0 Å². The number of piperidine rings is 3. The summed E-state index contributed by atoms with van der Waals surface area (Å²) in [6.45, 7) is 4.56. The summed E-state index contributed by atoms with van der Waals surface area (Å²) in [5.41, 5.74) is 0. The van der Waals surface area contributed by atoms with Gasteiger partial charge in [0, 0.05) is 6.04 Å². The van der Waals surface area contributed by atoms with Gasteiger partial charge in [0.1, 0.15) is 0 Å². The first-order valence-electron chi connectivity index (χ1n) is 4.21. The number of hydrogen-bond donors (Lipinski definition) is 1. The first-order chi connectivity index (χ1) is 4.79. The monoisotopic (exact) mass is 141 g/mol. The van der Waals surface area contributed by atoms with Crippen LogP contribution in [0, 0.1) is 5.92 Å². The van der Waals surface area contributed by atoms with Gasteiger partial charge in [-0.05, 0) is 38.8 Å². The molecule has 3 aliphatic rings. The summed E-state index contributed by atoms with van der Waals surface area (Å²) >= 11 is 0. The zero-order valence-electron chi connectivity index (χ0n) is 6.45. The third-order valence-electron chi connectivity index (χ3n) is 3.13. The number of fused-ring (bicyclic) bond motifs is 3. The molecule has 1 N–H and O–H groups in total. The molecule has 0 radical (unpaired) electrons. The second-order valence-electron chi connectivity index (χ2n) is 3.60. The summed E-state index contributed by atoms with van der Waals surface area (Å²) in [6.07, 6.45) is 2.39. The van der Waals surface area contributed by atoms with Crippen LogP contribution in [0.3, 0.4) is 0 Å². The lowest BCUT2D eigenvalue weighted by molar-refractivity contribution is -0.0646. The lowest BCUT2D eigenvalue weighted by Crippen LogP contribution is -2.56. The van der Waals surface area contributed by atoms with E-state index in [1.54, 1.807) is 0 Å². The highest BCUT2D eigenvalue weighted by atomic mass is 16.3. The van der Waals surface area contributed by atoms with E-state index in [1.807, 2.05) is 0 Å². The van der Waals surface area contributed by atoms with E-state index in [2.05, 4.69) is 11.8 Å². The standard InChI is InChI=1S/C8H15NO/c1-6-8(10)7-2-4-9(6)5-3-7/h6-8,10H,2-5H2,1H3/t6-,8-/m1/s1. The van der Waals surface area contributed by atoms with Crippen LogP contribution in [-0.2, 0) is 0 Å². The molecule has 2 heteroatoms. The minimum Gasteiger partial charge on any atom is -0.391 e. The minimum absolute atomic E-state index is 0.0394. The maximum atomic E-state index is 9.63. The summed E-state index contributed by atoms with van der Waals surface area (Å²) in [5.74, 6) is 0.611. The minimum atomic E-state index is -0.0394. The number of nitrogens with zero attached hydrogens (tertiary/aromatic N) is 1. The van der Waals surface area contributed by atoms with E-state index >= 15 is 0 Å². The first kappa shape index (κ1) is 6.62. The Morgan fingerprint density at radius 1 is 1.30 bits per heavy atom. The van der Waals surface area contributed by atoms with E-state index in [9.17, 15) is 5.11 Å². The number of rotatable bonds is 0. The van der Waals surface area contributed by atoms with Crippen LogP contribution < -0.4 is 0 Å². The average molecular weight is 141 g/mol. The van der Waals surface area contributed by atoms with Gasteiger partial charge in [0.15, 0.2) is 0 Å². The maximum Gasteiger partial charge on any atom is 0.0721 e. The van der Waals surface area contributed by atoms with Crippen molar-refractivity contribution in [1.82, 2.24) is 4.90 Å².